The number of carbonyl (C=O) groups is 1. The van der Waals surface area contributed by atoms with Crippen LogP contribution in [0.15, 0.2) is 71.7 Å². The largest absolute Gasteiger partial charge is 0.416 e. The van der Waals surface area contributed by atoms with E-state index in [2.05, 4.69) is 5.32 Å². The van der Waals surface area contributed by atoms with Gasteiger partial charge in [0.05, 0.1) is 17.7 Å². The number of alkyl halides is 3. The maximum absolute atomic E-state index is 13.8. The molecule has 0 spiro atoms. The molecule has 1 amide bonds. The van der Waals surface area contributed by atoms with E-state index >= 15 is 0 Å². The molecule has 0 aliphatic carbocycles. The van der Waals surface area contributed by atoms with Crippen molar-refractivity contribution in [2.45, 2.75) is 12.7 Å². The van der Waals surface area contributed by atoms with Crippen LogP contribution in [0.25, 0.3) is 0 Å². The number of halogens is 4. The van der Waals surface area contributed by atoms with Gasteiger partial charge in [-0.1, -0.05) is 18.2 Å². The van der Waals surface area contributed by atoms with Gasteiger partial charge in [-0.2, -0.15) is 13.2 Å². The topological polar surface area (TPSA) is 51.1 Å². The first-order valence-corrected chi connectivity index (χ1v) is 8.16. The number of benzene rings is 2. The highest BCUT2D eigenvalue weighted by atomic mass is 19.4. The maximum Gasteiger partial charge on any atom is 0.416 e. The van der Waals surface area contributed by atoms with Gasteiger partial charge in [-0.25, -0.2) is 4.39 Å². The Morgan fingerprint density at radius 1 is 0.964 bits per heavy atom. The van der Waals surface area contributed by atoms with Crippen molar-refractivity contribution in [2.75, 3.05) is 5.32 Å². The lowest BCUT2D eigenvalue weighted by molar-refractivity contribution is -0.137. The van der Waals surface area contributed by atoms with Crippen LogP contribution in [-0.4, -0.2) is 10.5 Å². The Labute approximate surface area is 157 Å². The summed E-state index contributed by atoms with van der Waals surface area (Å²) >= 11 is 0. The summed E-state index contributed by atoms with van der Waals surface area (Å²) in [6.45, 7) is -0.0626. The van der Waals surface area contributed by atoms with Gasteiger partial charge in [0.1, 0.15) is 5.82 Å². The molecule has 0 unspecified atom stereocenters. The molecule has 0 fully saturated rings. The van der Waals surface area contributed by atoms with Gasteiger partial charge in [-0.15, -0.1) is 0 Å². The van der Waals surface area contributed by atoms with Crippen molar-refractivity contribution in [2.24, 2.45) is 0 Å². The van der Waals surface area contributed by atoms with Gasteiger partial charge in [0.25, 0.3) is 11.5 Å². The van der Waals surface area contributed by atoms with E-state index in [1.165, 1.54) is 41.1 Å². The van der Waals surface area contributed by atoms with Crippen LogP contribution in [0.3, 0.4) is 0 Å². The molecule has 144 valence electrons. The minimum absolute atomic E-state index is 0.0626. The van der Waals surface area contributed by atoms with Gasteiger partial charge in [-0.05, 0) is 36.4 Å². The number of hydrogen-bond acceptors (Lipinski definition) is 2. The average Bonchev–Trinajstić information content (AvgIpc) is 2.65. The lowest BCUT2D eigenvalue weighted by Gasteiger charge is -2.11. The highest BCUT2D eigenvalue weighted by molar-refractivity contribution is 6.04. The van der Waals surface area contributed by atoms with Gasteiger partial charge in [0.15, 0.2) is 0 Å². The van der Waals surface area contributed by atoms with E-state index in [1.54, 1.807) is 6.07 Å². The summed E-state index contributed by atoms with van der Waals surface area (Å²) in [5.41, 5.74) is -0.691. The molecule has 1 heterocycles. The van der Waals surface area contributed by atoms with E-state index in [0.717, 1.165) is 24.3 Å². The molecule has 0 saturated heterocycles. The summed E-state index contributed by atoms with van der Waals surface area (Å²) in [5.74, 6) is -1.09. The normalized spacial score (nSPS) is 11.3. The van der Waals surface area contributed by atoms with E-state index in [9.17, 15) is 27.2 Å². The van der Waals surface area contributed by atoms with E-state index < -0.39 is 29.0 Å². The first-order valence-electron chi connectivity index (χ1n) is 8.16. The van der Waals surface area contributed by atoms with E-state index in [4.69, 9.17) is 0 Å². The lowest BCUT2D eigenvalue weighted by atomic mass is 10.2. The van der Waals surface area contributed by atoms with Crippen LogP contribution in [0.1, 0.15) is 21.5 Å². The summed E-state index contributed by atoms with van der Waals surface area (Å²) in [6, 6.07) is 12.4. The molecular weight excluding hydrogens is 376 g/mol. The predicted molar refractivity (Wildman–Crippen MR) is 95.6 cm³/mol. The molecule has 0 aliphatic heterocycles. The Hall–Kier alpha value is -3.42. The van der Waals surface area contributed by atoms with Gasteiger partial charge in [0, 0.05) is 23.5 Å². The van der Waals surface area contributed by atoms with E-state index in [1.807, 2.05) is 0 Å². The Morgan fingerprint density at radius 2 is 1.64 bits per heavy atom. The van der Waals surface area contributed by atoms with E-state index in [-0.39, 0.29) is 23.4 Å². The molecule has 0 saturated carbocycles. The van der Waals surface area contributed by atoms with Crippen molar-refractivity contribution in [1.29, 1.82) is 0 Å². The molecular formula is C20H14F4N2O2. The zero-order chi connectivity index (χ0) is 20.3. The molecule has 0 atom stereocenters. The maximum atomic E-state index is 13.8. The number of hydrogen-bond donors (Lipinski definition) is 1. The van der Waals surface area contributed by atoms with Crippen molar-refractivity contribution >= 4 is 11.6 Å². The van der Waals surface area contributed by atoms with Crippen LogP contribution < -0.4 is 10.9 Å². The minimum atomic E-state index is -4.47. The number of pyridine rings is 1. The fraction of sp³-hybridized carbons (Fsp3) is 0.100. The first-order chi connectivity index (χ1) is 13.2. The van der Waals surface area contributed by atoms with Gasteiger partial charge in [-0.3, -0.25) is 9.59 Å². The predicted octanol–water partition coefficient (Wildman–Crippen LogP) is 4.31. The number of carbonyl (C=O) groups excluding carboxylic acids is 1. The standard InChI is InChI=1S/C20H14F4N2O2/c21-17-4-2-1-3-13(17)11-26-12-14(5-10-18(26)27)19(28)25-16-8-6-15(7-9-16)20(22,23)24/h1-10,12H,11H2,(H,25,28). The van der Waals surface area contributed by atoms with Gasteiger partial charge < -0.3 is 9.88 Å². The van der Waals surface area contributed by atoms with Gasteiger partial charge >= 0.3 is 6.18 Å². The second-order valence-electron chi connectivity index (χ2n) is 6.00. The Morgan fingerprint density at radius 3 is 2.29 bits per heavy atom. The smallest absolute Gasteiger partial charge is 0.322 e. The Balaban J connectivity index is 1.79. The molecule has 0 aliphatic rings. The third-order valence-corrected chi connectivity index (χ3v) is 4.01. The number of anilines is 1. The van der Waals surface area contributed by atoms with Gasteiger partial charge in [0.2, 0.25) is 0 Å². The van der Waals surface area contributed by atoms with Crippen molar-refractivity contribution in [1.82, 2.24) is 4.57 Å². The number of rotatable bonds is 4. The van der Waals surface area contributed by atoms with E-state index in [0.29, 0.717) is 0 Å². The first kappa shape index (κ1) is 19.3. The Kier molecular flexibility index (Phi) is 5.30. The number of amides is 1. The molecule has 1 aromatic heterocycles. The van der Waals surface area contributed by atoms with Crippen molar-refractivity contribution in [3.8, 4) is 0 Å². The monoisotopic (exact) mass is 390 g/mol. The highest BCUT2D eigenvalue weighted by Gasteiger charge is 2.30. The van der Waals surface area contributed by atoms with Crippen molar-refractivity contribution in [3.63, 3.8) is 0 Å². The molecule has 0 radical (unpaired) electrons. The summed E-state index contributed by atoms with van der Waals surface area (Å²) in [4.78, 5) is 24.4. The third-order valence-electron chi connectivity index (χ3n) is 4.01. The SMILES string of the molecule is O=C(Nc1ccc(C(F)(F)F)cc1)c1ccc(=O)n(Cc2ccccc2F)c1. The molecule has 2 aromatic carbocycles. The molecule has 8 heteroatoms. The summed E-state index contributed by atoms with van der Waals surface area (Å²) in [6.07, 6.45) is -3.20. The van der Waals surface area contributed by atoms with Crippen molar-refractivity contribution in [3.05, 3.63) is 99.7 Å². The summed E-state index contributed by atoms with van der Waals surface area (Å²) in [5, 5.41) is 2.46. The van der Waals surface area contributed by atoms with Crippen LogP contribution in [0.5, 0.6) is 0 Å². The fourth-order valence-electron chi connectivity index (χ4n) is 2.55. The molecule has 1 N–H and O–H groups in total. The molecule has 4 nitrogen and oxygen atoms in total. The lowest BCUT2D eigenvalue weighted by Crippen LogP contribution is -2.23. The highest BCUT2D eigenvalue weighted by Crippen LogP contribution is 2.29. The number of nitrogens with one attached hydrogen (secondary N) is 1. The Bertz CT molecular complexity index is 1060. The number of nitrogens with zero attached hydrogens (tertiary/aromatic N) is 1. The minimum Gasteiger partial charge on any atom is -0.322 e. The summed E-state index contributed by atoms with van der Waals surface area (Å²) in [7, 11) is 0. The van der Waals surface area contributed by atoms with Crippen LogP contribution in [0.4, 0.5) is 23.2 Å². The van der Waals surface area contributed by atoms with Crippen LogP contribution in [0, 0.1) is 5.82 Å². The average molecular weight is 390 g/mol. The molecule has 0 bridgehead atoms. The third kappa shape index (κ3) is 4.46. The van der Waals surface area contributed by atoms with Crippen molar-refractivity contribution < 1.29 is 22.4 Å². The zero-order valence-corrected chi connectivity index (χ0v) is 14.3. The second kappa shape index (κ2) is 7.67. The quantitative estimate of drug-likeness (QED) is 0.675. The molecule has 3 aromatic rings. The number of aromatic nitrogens is 1. The molecule has 3 rings (SSSR count). The summed E-state index contributed by atoms with van der Waals surface area (Å²) < 4.78 is 52.7. The fourth-order valence-corrected chi connectivity index (χ4v) is 2.55. The van der Waals surface area contributed by atoms with Crippen LogP contribution in [0.2, 0.25) is 0 Å². The molecule has 28 heavy (non-hydrogen) atoms. The zero-order valence-electron chi connectivity index (χ0n) is 14.3. The van der Waals surface area contributed by atoms with Crippen LogP contribution >= 0.6 is 0 Å². The second-order valence-corrected chi connectivity index (χ2v) is 6.00. The van der Waals surface area contributed by atoms with Crippen LogP contribution in [-0.2, 0) is 12.7 Å².